The van der Waals surface area contributed by atoms with Gasteiger partial charge in [0.1, 0.15) is 11.9 Å². The second-order valence-corrected chi connectivity index (χ2v) is 4.96. The highest BCUT2D eigenvalue weighted by atomic mass is 16.5. The Bertz CT molecular complexity index is 380. The Labute approximate surface area is 103 Å². The molecule has 17 heavy (non-hydrogen) atoms. The third-order valence-corrected chi connectivity index (χ3v) is 3.56. The summed E-state index contributed by atoms with van der Waals surface area (Å²) in [6.45, 7) is 2.17. The van der Waals surface area contributed by atoms with Crippen LogP contribution in [0.3, 0.4) is 0 Å². The maximum absolute atomic E-state index is 9.23. The van der Waals surface area contributed by atoms with Crippen molar-refractivity contribution < 1.29 is 9.84 Å². The summed E-state index contributed by atoms with van der Waals surface area (Å²) in [6.07, 6.45) is 3.61. The SMILES string of the molecule is CCc1ccccc1OC1CCC(N)(CO)C1. The van der Waals surface area contributed by atoms with E-state index in [-0.39, 0.29) is 12.7 Å². The quantitative estimate of drug-likeness (QED) is 0.837. The molecular weight excluding hydrogens is 214 g/mol. The van der Waals surface area contributed by atoms with Gasteiger partial charge in [0.25, 0.3) is 0 Å². The van der Waals surface area contributed by atoms with E-state index in [0.29, 0.717) is 0 Å². The fourth-order valence-electron chi connectivity index (χ4n) is 2.44. The van der Waals surface area contributed by atoms with Gasteiger partial charge >= 0.3 is 0 Å². The first-order valence-electron chi connectivity index (χ1n) is 6.31. The van der Waals surface area contributed by atoms with Crippen LogP contribution in [0.5, 0.6) is 5.75 Å². The predicted molar refractivity (Wildman–Crippen MR) is 68.1 cm³/mol. The van der Waals surface area contributed by atoms with Crippen LogP contribution < -0.4 is 10.5 Å². The van der Waals surface area contributed by atoms with Gasteiger partial charge in [-0.1, -0.05) is 25.1 Å². The Hall–Kier alpha value is -1.06. The van der Waals surface area contributed by atoms with E-state index in [2.05, 4.69) is 13.0 Å². The number of aryl methyl sites for hydroxylation is 1. The van der Waals surface area contributed by atoms with Crippen molar-refractivity contribution in [3.8, 4) is 5.75 Å². The molecular formula is C14H21NO2. The van der Waals surface area contributed by atoms with Gasteiger partial charge in [-0.15, -0.1) is 0 Å². The zero-order chi connectivity index (χ0) is 12.3. The fraction of sp³-hybridized carbons (Fsp3) is 0.571. The molecule has 2 atom stereocenters. The topological polar surface area (TPSA) is 55.5 Å². The molecule has 0 radical (unpaired) electrons. The number of aliphatic hydroxyl groups excluding tert-OH is 1. The Morgan fingerprint density at radius 2 is 2.24 bits per heavy atom. The molecule has 3 heteroatoms. The molecule has 3 nitrogen and oxygen atoms in total. The Morgan fingerprint density at radius 3 is 2.88 bits per heavy atom. The minimum Gasteiger partial charge on any atom is -0.490 e. The first kappa shape index (κ1) is 12.4. The molecule has 0 amide bonds. The summed E-state index contributed by atoms with van der Waals surface area (Å²) in [6, 6.07) is 8.12. The average Bonchev–Trinajstić information content (AvgIpc) is 2.73. The van der Waals surface area contributed by atoms with Crippen LogP contribution in [0, 0.1) is 0 Å². The van der Waals surface area contributed by atoms with Crippen LogP contribution >= 0.6 is 0 Å². The third kappa shape index (κ3) is 2.79. The summed E-state index contributed by atoms with van der Waals surface area (Å²) < 4.78 is 6.00. The molecule has 0 aromatic heterocycles. The van der Waals surface area contributed by atoms with Crippen LogP contribution in [0.4, 0.5) is 0 Å². The van der Waals surface area contributed by atoms with Crippen LogP contribution in [-0.2, 0) is 6.42 Å². The number of ether oxygens (including phenoxy) is 1. The lowest BCUT2D eigenvalue weighted by Crippen LogP contribution is -2.41. The second kappa shape index (κ2) is 5.07. The van der Waals surface area contributed by atoms with Crippen molar-refractivity contribution in [2.45, 2.75) is 44.2 Å². The van der Waals surface area contributed by atoms with E-state index in [4.69, 9.17) is 10.5 Å². The van der Waals surface area contributed by atoms with Gasteiger partial charge in [0.2, 0.25) is 0 Å². The lowest BCUT2D eigenvalue weighted by Gasteiger charge is -2.21. The molecule has 0 aliphatic heterocycles. The summed E-state index contributed by atoms with van der Waals surface area (Å²) in [5.74, 6) is 0.960. The maximum Gasteiger partial charge on any atom is 0.122 e. The molecule has 0 heterocycles. The average molecular weight is 235 g/mol. The Balaban J connectivity index is 2.03. The van der Waals surface area contributed by atoms with Crippen LogP contribution in [0.1, 0.15) is 31.7 Å². The van der Waals surface area contributed by atoms with E-state index < -0.39 is 5.54 Å². The maximum atomic E-state index is 9.23. The van der Waals surface area contributed by atoms with Crippen molar-refractivity contribution in [2.24, 2.45) is 5.73 Å². The van der Waals surface area contributed by atoms with Crippen molar-refractivity contribution in [2.75, 3.05) is 6.61 Å². The van der Waals surface area contributed by atoms with Crippen molar-refractivity contribution in [3.05, 3.63) is 29.8 Å². The van der Waals surface area contributed by atoms with Gasteiger partial charge in [-0.3, -0.25) is 0 Å². The molecule has 94 valence electrons. The molecule has 1 aliphatic carbocycles. The van der Waals surface area contributed by atoms with Gasteiger partial charge in [0.15, 0.2) is 0 Å². The highest BCUT2D eigenvalue weighted by molar-refractivity contribution is 5.33. The highest BCUT2D eigenvalue weighted by Crippen LogP contribution is 2.31. The second-order valence-electron chi connectivity index (χ2n) is 4.96. The number of nitrogens with two attached hydrogens (primary N) is 1. The summed E-state index contributed by atoms with van der Waals surface area (Å²) in [4.78, 5) is 0. The zero-order valence-electron chi connectivity index (χ0n) is 10.4. The largest absolute Gasteiger partial charge is 0.490 e. The molecule has 0 spiro atoms. The van der Waals surface area contributed by atoms with E-state index in [1.54, 1.807) is 0 Å². The van der Waals surface area contributed by atoms with Crippen molar-refractivity contribution >= 4 is 0 Å². The predicted octanol–water partition coefficient (Wildman–Crippen LogP) is 1.87. The van der Waals surface area contributed by atoms with Gasteiger partial charge in [-0.05, 0) is 30.9 Å². The van der Waals surface area contributed by atoms with Gasteiger partial charge in [0.05, 0.1) is 6.61 Å². The van der Waals surface area contributed by atoms with Crippen LogP contribution in [0.15, 0.2) is 24.3 Å². The zero-order valence-corrected chi connectivity index (χ0v) is 10.4. The standard InChI is InChI=1S/C14H21NO2/c1-2-11-5-3-4-6-13(11)17-12-7-8-14(15,9-12)10-16/h3-6,12,16H,2,7-10,15H2,1H3. The summed E-state index contributed by atoms with van der Waals surface area (Å²) >= 11 is 0. The third-order valence-electron chi connectivity index (χ3n) is 3.56. The van der Waals surface area contributed by atoms with Gasteiger partial charge < -0.3 is 15.6 Å². The van der Waals surface area contributed by atoms with Crippen molar-refractivity contribution in [3.63, 3.8) is 0 Å². The molecule has 1 saturated carbocycles. The summed E-state index contributed by atoms with van der Waals surface area (Å²) in [5, 5.41) is 9.23. The number of hydrogen-bond acceptors (Lipinski definition) is 3. The molecule has 1 aliphatic rings. The Morgan fingerprint density at radius 1 is 1.47 bits per heavy atom. The van der Waals surface area contributed by atoms with Gasteiger partial charge in [-0.25, -0.2) is 0 Å². The van der Waals surface area contributed by atoms with E-state index in [1.807, 2.05) is 18.2 Å². The van der Waals surface area contributed by atoms with Gasteiger partial charge in [0, 0.05) is 12.0 Å². The minimum absolute atomic E-state index is 0.0439. The lowest BCUT2D eigenvalue weighted by molar-refractivity contribution is 0.165. The van der Waals surface area contributed by atoms with E-state index in [0.717, 1.165) is 31.4 Å². The van der Waals surface area contributed by atoms with E-state index in [1.165, 1.54) is 5.56 Å². The molecule has 1 aromatic rings. The molecule has 2 rings (SSSR count). The molecule has 1 fully saturated rings. The van der Waals surface area contributed by atoms with Crippen molar-refractivity contribution in [1.29, 1.82) is 0 Å². The molecule has 3 N–H and O–H groups in total. The number of para-hydroxylation sites is 1. The van der Waals surface area contributed by atoms with Crippen LogP contribution in [-0.4, -0.2) is 23.4 Å². The van der Waals surface area contributed by atoms with Crippen LogP contribution in [0.25, 0.3) is 0 Å². The first-order valence-corrected chi connectivity index (χ1v) is 6.31. The molecule has 2 unspecified atom stereocenters. The number of aliphatic hydroxyl groups is 1. The van der Waals surface area contributed by atoms with Crippen molar-refractivity contribution in [1.82, 2.24) is 0 Å². The molecule has 0 saturated heterocycles. The Kier molecular flexibility index (Phi) is 3.69. The van der Waals surface area contributed by atoms with E-state index in [9.17, 15) is 5.11 Å². The highest BCUT2D eigenvalue weighted by Gasteiger charge is 2.36. The number of benzene rings is 1. The molecule has 1 aromatic carbocycles. The summed E-state index contributed by atoms with van der Waals surface area (Å²) in [7, 11) is 0. The smallest absolute Gasteiger partial charge is 0.122 e. The number of hydrogen-bond donors (Lipinski definition) is 2. The summed E-state index contributed by atoms with van der Waals surface area (Å²) in [5.41, 5.74) is 6.83. The van der Waals surface area contributed by atoms with E-state index >= 15 is 0 Å². The monoisotopic (exact) mass is 235 g/mol. The minimum atomic E-state index is -0.439. The van der Waals surface area contributed by atoms with Crippen LogP contribution in [0.2, 0.25) is 0 Å². The normalized spacial score (nSPS) is 28.3. The number of rotatable bonds is 4. The first-order chi connectivity index (χ1) is 8.17. The lowest BCUT2D eigenvalue weighted by atomic mass is 10.0. The van der Waals surface area contributed by atoms with Gasteiger partial charge in [-0.2, -0.15) is 0 Å². The fourth-order valence-corrected chi connectivity index (χ4v) is 2.44. The molecule has 0 bridgehead atoms.